The summed E-state index contributed by atoms with van der Waals surface area (Å²) < 4.78 is 0. The minimum atomic E-state index is 0.161. The molecule has 0 saturated heterocycles. The Labute approximate surface area is 95.4 Å². The first-order valence-electron chi connectivity index (χ1n) is 5.56. The van der Waals surface area contributed by atoms with Crippen molar-refractivity contribution in [1.82, 2.24) is 0 Å². The largest absolute Gasteiger partial charge is 0.385 e. The van der Waals surface area contributed by atoms with E-state index in [0.717, 1.165) is 29.9 Å². The number of rotatable bonds is 4. The third-order valence-electron chi connectivity index (χ3n) is 2.87. The molecule has 0 atom stereocenters. The lowest BCUT2D eigenvalue weighted by atomic mass is 10.1. The van der Waals surface area contributed by atoms with Crippen molar-refractivity contribution >= 4 is 17.3 Å². The molecule has 0 radical (unpaired) electrons. The van der Waals surface area contributed by atoms with Crippen molar-refractivity contribution in [1.29, 1.82) is 0 Å². The topological polar surface area (TPSA) is 58.4 Å². The van der Waals surface area contributed by atoms with Gasteiger partial charge in [-0.05, 0) is 36.7 Å². The molecule has 4 heteroatoms. The molecule has 1 amide bonds. The van der Waals surface area contributed by atoms with Gasteiger partial charge in [0, 0.05) is 25.0 Å². The van der Waals surface area contributed by atoms with Crippen molar-refractivity contribution in [3.8, 4) is 0 Å². The van der Waals surface area contributed by atoms with E-state index in [9.17, 15) is 4.79 Å². The fraction of sp³-hybridized carbons (Fsp3) is 0.417. The molecule has 1 aromatic carbocycles. The molecule has 2 rings (SSSR count). The smallest absolute Gasteiger partial charge is 0.231 e. The van der Waals surface area contributed by atoms with Gasteiger partial charge in [-0.1, -0.05) is 0 Å². The Hall–Kier alpha value is -1.55. The minimum absolute atomic E-state index is 0.161. The number of amides is 1. The van der Waals surface area contributed by atoms with Gasteiger partial charge in [0.05, 0.1) is 6.42 Å². The van der Waals surface area contributed by atoms with Crippen LogP contribution in [0.2, 0.25) is 0 Å². The van der Waals surface area contributed by atoms with Crippen LogP contribution in [0.5, 0.6) is 0 Å². The number of nitrogens with zero attached hydrogens (tertiary/aromatic N) is 1. The van der Waals surface area contributed by atoms with Crippen LogP contribution in [0.15, 0.2) is 18.2 Å². The van der Waals surface area contributed by atoms with Crippen LogP contribution in [-0.2, 0) is 11.2 Å². The van der Waals surface area contributed by atoms with Crippen LogP contribution in [-0.4, -0.2) is 26.0 Å². The number of carbonyl (C=O) groups is 1. The molecular formula is C12H17N3O. The number of nitrogens with two attached hydrogens (primary N) is 1. The average molecular weight is 219 g/mol. The van der Waals surface area contributed by atoms with Crippen LogP contribution in [0.4, 0.5) is 11.4 Å². The zero-order valence-corrected chi connectivity index (χ0v) is 9.49. The standard InChI is InChI=1S/C12H17N3O/c1-15-11-4-3-10(14-6-2-5-13)7-9(11)8-12(15)16/h3-4,7,14H,2,5-6,8,13H2,1H3. The molecule has 0 aliphatic carbocycles. The van der Waals surface area contributed by atoms with Gasteiger partial charge in [-0.3, -0.25) is 4.79 Å². The first-order chi connectivity index (χ1) is 7.72. The second-order valence-corrected chi connectivity index (χ2v) is 4.04. The van der Waals surface area contributed by atoms with Crippen molar-refractivity contribution in [3.05, 3.63) is 23.8 Å². The minimum Gasteiger partial charge on any atom is -0.385 e. The zero-order chi connectivity index (χ0) is 11.5. The molecule has 1 heterocycles. The summed E-state index contributed by atoms with van der Waals surface area (Å²) in [7, 11) is 1.82. The van der Waals surface area contributed by atoms with Crippen LogP contribution >= 0.6 is 0 Å². The quantitative estimate of drug-likeness (QED) is 0.742. The summed E-state index contributed by atoms with van der Waals surface area (Å²) in [6.07, 6.45) is 1.47. The van der Waals surface area contributed by atoms with Crippen molar-refractivity contribution in [2.75, 3.05) is 30.4 Å². The van der Waals surface area contributed by atoms with Gasteiger partial charge in [0.2, 0.25) is 5.91 Å². The van der Waals surface area contributed by atoms with Gasteiger partial charge in [0.15, 0.2) is 0 Å². The number of hydrogen-bond donors (Lipinski definition) is 2. The van der Waals surface area contributed by atoms with E-state index in [2.05, 4.69) is 5.32 Å². The van der Waals surface area contributed by atoms with Crippen LogP contribution < -0.4 is 16.0 Å². The van der Waals surface area contributed by atoms with Crippen LogP contribution in [0.1, 0.15) is 12.0 Å². The Morgan fingerprint density at radius 2 is 2.31 bits per heavy atom. The number of benzene rings is 1. The van der Waals surface area contributed by atoms with Gasteiger partial charge in [-0.2, -0.15) is 0 Å². The van der Waals surface area contributed by atoms with E-state index in [1.807, 2.05) is 25.2 Å². The summed E-state index contributed by atoms with van der Waals surface area (Å²) in [5, 5.41) is 3.30. The number of nitrogens with one attached hydrogen (secondary N) is 1. The maximum atomic E-state index is 11.5. The molecule has 4 nitrogen and oxygen atoms in total. The van der Waals surface area contributed by atoms with Crippen molar-refractivity contribution < 1.29 is 4.79 Å². The summed E-state index contributed by atoms with van der Waals surface area (Å²) in [6.45, 7) is 1.57. The van der Waals surface area contributed by atoms with Gasteiger partial charge in [0.25, 0.3) is 0 Å². The monoisotopic (exact) mass is 219 g/mol. The first-order valence-corrected chi connectivity index (χ1v) is 5.56. The number of fused-ring (bicyclic) bond motifs is 1. The van der Waals surface area contributed by atoms with Crippen molar-refractivity contribution in [2.45, 2.75) is 12.8 Å². The molecule has 0 saturated carbocycles. The molecular weight excluding hydrogens is 202 g/mol. The van der Waals surface area contributed by atoms with E-state index in [0.29, 0.717) is 13.0 Å². The van der Waals surface area contributed by atoms with E-state index in [4.69, 9.17) is 5.73 Å². The maximum Gasteiger partial charge on any atom is 0.231 e. The Balaban J connectivity index is 2.09. The Morgan fingerprint density at radius 3 is 3.06 bits per heavy atom. The molecule has 1 aliphatic rings. The predicted molar refractivity (Wildman–Crippen MR) is 65.7 cm³/mol. The van der Waals surface area contributed by atoms with Gasteiger partial charge in [-0.15, -0.1) is 0 Å². The second-order valence-electron chi connectivity index (χ2n) is 4.04. The first kappa shape index (κ1) is 11.0. The fourth-order valence-corrected chi connectivity index (χ4v) is 1.91. The molecule has 0 aromatic heterocycles. The van der Waals surface area contributed by atoms with E-state index in [-0.39, 0.29) is 5.91 Å². The summed E-state index contributed by atoms with van der Waals surface area (Å²) in [4.78, 5) is 13.2. The summed E-state index contributed by atoms with van der Waals surface area (Å²) >= 11 is 0. The highest BCUT2D eigenvalue weighted by Gasteiger charge is 2.23. The molecule has 1 aliphatic heterocycles. The lowest BCUT2D eigenvalue weighted by molar-refractivity contribution is -0.117. The van der Waals surface area contributed by atoms with E-state index in [1.165, 1.54) is 0 Å². The summed E-state index contributed by atoms with van der Waals surface area (Å²) in [5.41, 5.74) is 8.62. The highest BCUT2D eigenvalue weighted by molar-refractivity contribution is 6.01. The molecule has 0 bridgehead atoms. The van der Waals surface area contributed by atoms with E-state index >= 15 is 0 Å². The number of hydrogen-bond acceptors (Lipinski definition) is 3. The number of carbonyl (C=O) groups excluding carboxylic acids is 1. The predicted octanol–water partition coefficient (Wildman–Crippen LogP) is 0.966. The van der Waals surface area contributed by atoms with Crippen LogP contribution in [0, 0.1) is 0 Å². The number of likely N-dealkylation sites (N-methyl/N-ethyl adjacent to an activating group) is 1. The average Bonchev–Trinajstić information content (AvgIpc) is 2.55. The van der Waals surface area contributed by atoms with Gasteiger partial charge in [-0.25, -0.2) is 0 Å². The molecule has 0 fully saturated rings. The van der Waals surface area contributed by atoms with Gasteiger partial charge >= 0.3 is 0 Å². The maximum absolute atomic E-state index is 11.5. The van der Waals surface area contributed by atoms with Gasteiger partial charge in [0.1, 0.15) is 0 Å². The fourth-order valence-electron chi connectivity index (χ4n) is 1.91. The van der Waals surface area contributed by atoms with Crippen LogP contribution in [0.25, 0.3) is 0 Å². The Morgan fingerprint density at radius 1 is 1.50 bits per heavy atom. The van der Waals surface area contributed by atoms with Crippen molar-refractivity contribution in [3.63, 3.8) is 0 Å². The second kappa shape index (κ2) is 4.53. The lowest BCUT2D eigenvalue weighted by Gasteiger charge is -2.11. The zero-order valence-electron chi connectivity index (χ0n) is 9.49. The normalized spacial score (nSPS) is 14.1. The highest BCUT2D eigenvalue weighted by Crippen LogP contribution is 2.29. The van der Waals surface area contributed by atoms with Crippen molar-refractivity contribution in [2.24, 2.45) is 5.73 Å². The Kier molecular flexibility index (Phi) is 3.10. The molecule has 3 N–H and O–H groups in total. The molecule has 86 valence electrons. The number of anilines is 2. The molecule has 1 aromatic rings. The van der Waals surface area contributed by atoms with Crippen LogP contribution in [0.3, 0.4) is 0 Å². The van der Waals surface area contributed by atoms with E-state index < -0.39 is 0 Å². The SMILES string of the molecule is CN1C(=O)Cc2cc(NCCCN)ccc21. The third kappa shape index (κ3) is 2.02. The summed E-state index contributed by atoms with van der Waals surface area (Å²) in [6, 6.07) is 6.04. The Bertz CT molecular complexity index is 403. The molecule has 0 unspecified atom stereocenters. The molecule has 0 spiro atoms. The third-order valence-corrected chi connectivity index (χ3v) is 2.87. The lowest BCUT2D eigenvalue weighted by Crippen LogP contribution is -2.20. The molecule has 16 heavy (non-hydrogen) atoms. The summed E-state index contributed by atoms with van der Waals surface area (Å²) in [5.74, 6) is 0.161. The highest BCUT2D eigenvalue weighted by atomic mass is 16.2. The van der Waals surface area contributed by atoms with E-state index in [1.54, 1.807) is 4.90 Å². The van der Waals surface area contributed by atoms with Gasteiger partial charge < -0.3 is 16.0 Å².